The molecule has 2 amide bonds. The fourth-order valence-electron chi connectivity index (χ4n) is 5.73. The number of amides is 2. The van der Waals surface area contributed by atoms with E-state index in [2.05, 4.69) is 13.8 Å². The van der Waals surface area contributed by atoms with Crippen LogP contribution in [0.25, 0.3) is 0 Å². The van der Waals surface area contributed by atoms with Crippen LogP contribution in [0.5, 0.6) is 0 Å². The number of unbranched alkanes of at least 4 members (excludes halogenated alkanes) is 14. The Morgan fingerprint density at radius 3 is 1.04 bits per heavy atom. The maximum Gasteiger partial charge on any atom is 0.317 e. The molecule has 0 aliphatic heterocycles. The Morgan fingerprint density at radius 2 is 0.761 bits per heavy atom. The Bertz CT molecular complexity index is 760. The van der Waals surface area contributed by atoms with Crippen molar-refractivity contribution in [3.05, 3.63) is 0 Å². The van der Waals surface area contributed by atoms with Crippen molar-refractivity contribution in [3.8, 4) is 0 Å². The van der Waals surface area contributed by atoms with E-state index in [-0.39, 0.29) is 63.2 Å². The molecule has 2 atom stereocenters. The number of rotatable bonds is 31. The molecule has 0 fully saturated rings. The van der Waals surface area contributed by atoms with Crippen LogP contribution in [0.4, 0.5) is 0 Å². The summed E-state index contributed by atoms with van der Waals surface area (Å²) in [5.74, 6) is -2.44. The van der Waals surface area contributed by atoms with Crippen LogP contribution in [-0.4, -0.2) is 119 Å². The van der Waals surface area contributed by atoms with Gasteiger partial charge in [-0.2, -0.15) is 0 Å². The van der Waals surface area contributed by atoms with Crippen LogP contribution in [0.1, 0.15) is 143 Å². The van der Waals surface area contributed by atoms with Crippen molar-refractivity contribution in [3.63, 3.8) is 0 Å². The minimum Gasteiger partial charge on any atom is -0.480 e. The molecule has 0 aromatic rings. The molecule has 0 heterocycles. The van der Waals surface area contributed by atoms with Gasteiger partial charge in [0.1, 0.15) is 0 Å². The van der Waals surface area contributed by atoms with E-state index in [0.29, 0.717) is 0 Å². The summed E-state index contributed by atoms with van der Waals surface area (Å²) in [7, 11) is 3.52. The van der Waals surface area contributed by atoms with Crippen molar-refractivity contribution in [2.24, 2.45) is 0 Å². The first kappa shape index (κ1) is 43.8. The summed E-state index contributed by atoms with van der Waals surface area (Å²) in [5.41, 5.74) is 0. The smallest absolute Gasteiger partial charge is 0.317 e. The Kier molecular flexibility index (Phi) is 26.5. The highest BCUT2D eigenvalue weighted by atomic mass is 16.4. The minimum atomic E-state index is -1.06. The second kappa shape index (κ2) is 27.9. The second-order valence-corrected chi connectivity index (χ2v) is 13.4. The molecule has 2 unspecified atom stereocenters. The number of carboxylic acids is 2. The Hall–Kier alpha value is -2.20. The van der Waals surface area contributed by atoms with E-state index in [4.69, 9.17) is 0 Å². The van der Waals surface area contributed by atoms with E-state index in [9.17, 15) is 29.4 Å². The molecule has 0 saturated carbocycles. The molecule has 0 saturated heterocycles. The number of carbonyl (C=O) groups is 4. The van der Waals surface area contributed by atoms with Gasteiger partial charge in [0.25, 0.3) is 0 Å². The predicted molar refractivity (Wildman–Crippen MR) is 187 cm³/mol. The van der Waals surface area contributed by atoms with E-state index >= 15 is 0 Å². The number of hydrogen-bond donors (Lipinski definition) is 2. The molecule has 0 aliphatic rings. The molecule has 270 valence electrons. The first-order valence-corrected chi connectivity index (χ1v) is 18.3. The van der Waals surface area contributed by atoms with Gasteiger partial charge in [-0.3, -0.25) is 29.0 Å². The number of nitrogens with zero attached hydrogens (tertiary/aromatic N) is 4. The molecule has 0 bridgehead atoms. The van der Waals surface area contributed by atoms with Gasteiger partial charge in [-0.1, -0.05) is 117 Å². The van der Waals surface area contributed by atoms with Crippen molar-refractivity contribution in [1.29, 1.82) is 0 Å². The lowest BCUT2D eigenvalue weighted by atomic mass is 10.0. The van der Waals surface area contributed by atoms with Gasteiger partial charge < -0.3 is 20.0 Å². The molecule has 0 aliphatic carbocycles. The molecule has 10 nitrogen and oxygen atoms in total. The molecule has 10 heteroatoms. The SMILES string of the molecule is CCCCCCCCCCC(C)N(C)C(=O)CN(CCN(CC(=O)O)CC(=O)N(C)C(C)CCCCCCCCCC)CC(=O)O. The Balaban J connectivity index is 4.83. The average molecular weight is 655 g/mol. The highest BCUT2D eigenvalue weighted by Gasteiger charge is 2.24. The van der Waals surface area contributed by atoms with Crippen LogP contribution in [0.3, 0.4) is 0 Å². The average Bonchev–Trinajstić information content (AvgIpc) is 3.00. The van der Waals surface area contributed by atoms with Crippen LogP contribution < -0.4 is 0 Å². The normalized spacial score (nSPS) is 12.8. The summed E-state index contributed by atoms with van der Waals surface area (Å²) >= 11 is 0. The molecule has 0 rings (SSSR count). The number of carbonyl (C=O) groups excluding carboxylic acids is 2. The van der Waals surface area contributed by atoms with Gasteiger partial charge >= 0.3 is 11.9 Å². The molecule has 2 N–H and O–H groups in total. The quantitative estimate of drug-likeness (QED) is 0.0811. The summed E-state index contributed by atoms with van der Waals surface area (Å²) in [5, 5.41) is 19.0. The third kappa shape index (κ3) is 23.2. The number of hydrogen-bond acceptors (Lipinski definition) is 6. The maximum atomic E-state index is 13.1. The third-order valence-corrected chi connectivity index (χ3v) is 9.23. The van der Waals surface area contributed by atoms with Crippen molar-refractivity contribution in [2.45, 2.75) is 155 Å². The lowest BCUT2D eigenvalue weighted by molar-refractivity contribution is -0.143. The third-order valence-electron chi connectivity index (χ3n) is 9.23. The second-order valence-electron chi connectivity index (χ2n) is 13.4. The van der Waals surface area contributed by atoms with Crippen molar-refractivity contribution in [2.75, 3.05) is 53.4 Å². The number of aliphatic carboxylic acids is 2. The van der Waals surface area contributed by atoms with Crippen LogP contribution in [0, 0.1) is 0 Å². The Morgan fingerprint density at radius 1 is 0.478 bits per heavy atom. The van der Waals surface area contributed by atoms with E-state index in [1.165, 1.54) is 86.8 Å². The van der Waals surface area contributed by atoms with Gasteiger partial charge in [0.2, 0.25) is 11.8 Å². The zero-order valence-corrected chi connectivity index (χ0v) is 30.4. The van der Waals surface area contributed by atoms with Crippen LogP contribution in [0.15, 0.2) is 0 Å². The van der Waals surface area contributed by atoms with Gasteiger partial charge in [0.05, 0.1) is 26.2 Å². The van der Waals surface area contributed by atoms with Crippen LogP contribution in [-0.2, 0) is 19.2 Å². The molecule has 46 heavy (non-hydrogen) atoms. The summed E-state index contributed by atoms with van der Waals surface area (Å²) in [6.45, 7) is 7.98. The zero-order valence-electron chi connectivity index (χ0n) is 30.4. The van der Waals surface area contributed by atoms with Gasteiger partial charge in [-0.05, 0) is 26.7 Å². The highest BCUT2D eigenvalue weighted by molar-refractivity contribution is 5.80. The van der Waals surface area contributed by atoms with Gasteiger partial charge in [0, 0.05) is 39.3 Å². The summed E-state index contributed by atoms with van der Waals surface area (Å²) in [6, 6.07) is 0.0902. The van der Waals surface area contributed by atoms with Crippen molar-refractivity contribution in [1.82, 2.24) is 19.6 Å². The van der Waals surface area contributed by atoms with Crippen molar-refractivity contribution >= 4 is 23.8 Å². The molecule has 0 aromatic carbocycles. The van der Waals surface area contributed by atoms with E-state index in [1.807, 2.05) is 13.8 Å². The summed E-state index contributed by atoms with van der Waals surface area (Å²) in [6.07, 6.45) is 21.4. The van der Waals surface area contributed by atoms with E-state index in [0.717, 1.165) is 38.5 Å². The molecular weight excluding hydrogens is 584 g/mol. The fourth-order valence-corrected chi connectivity index (χ4v) is 5.73. The predicted octanol–water partition coefficient (Wildman–Crippen LogP) is 6.52. The van der Waals surface area contributed by atoms with E-state index < -0.39 is 11.9 Å². The topological polar surface area (TPSA) is 122 Å². The standard InChI is InChI=1S/C36H70N4O6/c1-7-9-11-13-15-17-19-21-23-31(3)37(5)33(41)27-39(29-35(43)44)25-26-40(30-36(45)46)28-34(42)38(6)32(4)24-22-20-18-16-14-12-10-8-2/h31-32H,7-30H2,1-6H3,(H,43,44)(H,45,46). The van der Waals surface area contributed by atoms with Gasteiger partial charge in [0.15, 0.2) is 0 Å². The first-order valence-electron chi connectivity index (χ1n) is 18.3. The lowest BCUT2D eigenvalue weighted by Crippen LogP contribution is -2.48. The summed E-state index contributed by atoms with van der Waals surface area (Å²) < 4.78 is 0. The maximum absolute atomic E-state index is 13.1. The molecular formula is C36H70N4O6. The lowest BCUT2D eigenvalue weighted by Gasteiger charge is -2.31. The van der Waals surface area contributed by atoms with Crippen molar-refractivity contribution < 1.29 is 29.4 Å². The van der Waals surface area contributed by atoms with E-state index in [1.54, 1.807) is 23.9 Å². The van der Waals surface area contributed by atoms with Crippen LogP contribution in [0.2, 0.25) is 0 Å². The minimum absolute atomic E-state index is 0.0451. The van der Waals surface area contributed by atoms with Crippen LogP contribution >= 0.6 is 0 Å². The molecule has 0 radical (unpaired) electrons. The molecule has 0 spiro atoms. The Labute approximate surface area is 281 Å². The zero-order chi connectivity index (χ0) is 34.7. The largest absolute Gasteiger partial charge is 0.480 e. The molecule has 0 aromatic heterocycles. The summed E-state index contributed by atoms with van der Waals surface area (Å²) in [4.78, 5) is 55.8. The number of carboxylic acid groups (broad SMARTS) is 2. The monoisotopic (exact) mass is 655 g/mol. The number of likely N-dealkylation sites (N-methyl/N-ethyl adjacent to an activating group) is 2. The highest BCUT2D eigenvalue weighted by Crippen LogP contribution is 2.14. The fraction of sp³-hybridized carbons (Fsp3) is 0.889. The van der Waals surface area contributed by atoms with Gasteiger partial charge in [-0.15, -0.1) is 0 Å². The van der Waals surface area contributed by atoms with Gasteiger partial charge in [-0.25, -0.2) is 0 Å². The first-order chi connectivity index (χ1) is 21.9.